The van der Waals surface area contributed by atoms with Gasteiger partial charge in [0.25, 0.3) is 5.91 Å². The van der Waals surface area contributed by atoms with Crippen LogP contribution < -0.4 is 10.1 Å². The minimum absolute atomic E-state index is 0.161. The number of nitrogens with zero attached hydrogens (tertiary/aromatic N) is 3. The van der Waals surface area contributed by atoms with E-state index in [-0.39, 0.29) is 11.8 Å². The lowest BCUT2D eigenvalue weighted by atomic mass is 10.0. The van der Waals surface area contributed by atoms with Gasteiger partial charge in [0.2, 0.25) is 0 Å². The number of benzene rings is 2. The van der Waals surface area contributed by atoms with E-state index in [0.717, 1.165) is 49.5 Å². The van der Waals surface area contributed by atoms with Crippen molar-refractivity contribution in [3.05, 3.63) is 59.8 Å². The molecule has 0 bridgehead atoms. The van der Waals surface area contributed by atoms with Gasteiger partial charge in [-0.25, -0.2) is 0 Å². The number of morpholine rings is 1. The number of ether oxygens (including phenoxy) is 2. The molecule has 1 N–H and O–H groups in total. The quantitative estimate of drug-likeness (QED) is 0.605. The molecule has 1 fully saturated rings. The zero-order chi connectivity index (χ0) is 21.6. The second-order valence-electron chi connectivity index (χ2n) is 7.90. The number of fused-ring (bicyclic) bond motifs is 1. The number of hydrogen-bond donors (Lipinski definition) is 1. The van der Waals surface area contributed by atoms with Gasteiger partial charge in [-0.05, 0) is 17.5 Å². The third-order valence-electron chi connectivity index (χ3n) is 5.84. The van der Waals surface area contributed by atoms with Gasteiger partial charge in [-0.2, -0.15) is 5.10 Å². The van der Waals surface area contributed by atoms with Crippen LogP contribution in [-0.2, 0) is 11.3 Å². The lowest BCUT2D eigenvalue weighted by molar-refractivity contribution is 0.0361. The van der Waals surface area contributed by atoms with Gasteiger partial charge in [0.05, 0.1) is 26.9 Å². The molecule has 1 atom stereocenters. The van der Waals surface area contributed by atoms with Crippen LogP contribution in [0.2, 0.25) is 0 Å². The predicted octanol–water partition coefficient (Wildman–Crippen LogP) is 2.91. The summed E-state index contributed by atoms with van der Waals surface area (Å²) >= 11 is 0. The molecule has 31 heavy (non-hydrogen) atoms. The third-order valence-corrected chi connectivity index (χ3v) is 5.84. The first-order chi connectivity index (χ1) is 15.2. The van der Waals surface area contributed by atoms with Gasteiger partial charge >= 0.3 is 0 Å². The summed E-state index contributed by atoms with van der Waals surface area (Å²) in [7, 11) is 1.65. The van der Waals surface area contributed by atoms with E-state index >= 15 is 0 Å². The molecule has 4 rings (SSSR count). The Morgan fingerprint density at radius 2 is 1.90 bits per heavy atom. The molecule has 1 aliphatic rings. The molecule has 1 aliphatic heterocycles. The summed E-state index contributed by atoms with van der Waals surface area (Å²) in [5, 5.41) is 8.57. The first kappa shape index (κ1) is 21.3. The van der Waals surface area contributed by atoms with Crippen molar-refractivity contribution < 1.29 is 14.3 Å². The molecule has 2 heterocycles. The summed E-state index contributed by atoms with van der Waals surface area (Å²) in [6.07, 6.45) is 0. The van der Waals surface area contributed by atoms with Crippen molar-refractivity contribution in [3.63, 3.8) is 0 Å². The Hall–Kier alpha value is -2.90. The molecule has 1 saturated heterocycles. The van der Waals surface area contributed by atoms with E-state index in [1.165, 1.54) is 5.56 Å². The van der Waals surface area contributed by atoms with Crippen molar-refractivity contribution in [2.24, 2.45) is 0 Å². The number of methoxy groups -OCH3 is 1. The Kier molecular flexibility index (Phi) is 6.84. The second-order valence-corrected chi connectivity index (χ2v) is 7.90. The van der Waals surface area contributed by atoms with Gasteiger partial charge in [0.1, 0.15) is 11.3 Å². The minimum atomic E-state index is -0.161. The summed E-state index contributed by atoms with van der Waals surface area (Å²) in [5.74, 6) is 0.782. The average molecular weight is 423 g/mol. The Morgan fingerprint density at radius 3 is 2.65 bits per heavy atom. The highest BCUT2D eigenvalue weighted by Crippen LogP contribution is 2.28. The first-order valence-corrected chi connectivity index (χ1v) is 10.8. The van der Waals surface area contributed by atoms with Gasteiger partial charge in [-0.1, -0.05) is 49.4 Å². The molecule has 1 aromatic heterocycles. The molecule has 0 spiro atoms. The molecule has 0 aliphatic carbocycles. The van der Waals surface area contributed by atoms with E-state index in [4.69, 9.17) is 14.6 Å². The standard InChI is InChI=1S/C24H30N4O3/c1-18(19-7-4-3-5-8-19)17-25-24(29)22-20-9-6-10-21(30-2)23(20)28(26-22)12-11-27-13-15-31-16-14-27/h3-10,18H,11-17H2,1-2H3,(H,25,29)/t18-/m0/s1. The Labute approximate surface area is 182 Å². The highest BCUT2D eigenvalue weighted by Gasteiger charge is 2.21. The fourth-order valence-electron chi connectivity index (χ4n) is 3.99. The molecular formula is C24H30N4O3. The van der Waals surface area contributed by atoms with Crippen LogP contribution in [0, 0.1) is 0 Å². The molecule has 7 heteroatoms. The molecule has 1 amide bonds. The van der Waals surface area contributed by atoms with Crippen LogP contribution in [0.3, 0.4) is 0 Å². The van der Waals surface area contributed by atoms with Gasteiger partial charge in [0.15, 0.2) is 5.69 Å². The van der Waals surface area contributed by atoms with Crippen LogP contribution in [0.15, 0.2) is 48.5 Å². The van der Waals surface area contributed by atoms with E-state index in [9.17, 15) is 4.79 Å². The van der Waals surface area contributed by atoms with E-state index in [1.54, 1.807) is 7.11 Å². The number of carbonyl (C=O) groups excluding carboxylic acids is 1. The van der Waals surface area contributed by atoms with Crippen LogP contribution in [0.1, 0.15) is 28.9 Å². The molecule has 0 unspecified atom stereocenters. The monoisotopic (exact) mass is 422 g/mol. The van der Waals surface area contributed by atoms with Crippen molar-refractivity contribution in [1.82, 2.24) is 20.0 Å². The number of nitrogens with one attached hydrogen (secondary N) is 1. The van der Waals surface area contributed by atoms with Crippen LogP contribution in [0.4, 0.5) is 0 Å². The smallest absolute Gasteiger partial charge is 0.272 e. The fraction of sp³-hybridized carbons (Fsp3) is 0.417. The number of para-hydroxylation sites is 1. The minimum Gasteiger partial charge on any atom is -0.494 e. The van der Waals surface area contributed by atoms with Crippen LogP contribution in [0.25, 0.3) is 10.9 Å². The Bertz CT molecular complexity index is 1010. The normalized spacial score (nSPS) is 15.7. The highest BCUT2D eigenvalue weighted by molar-refractivity contribution is 6.06. The number of aromatic nitrogens is 2. The van der Waals surface area contributed by atoms with E-state index < -0.39 is 0 Å². The zero-order valence-electron chi connectivity index (χ0n) is 18.2. The van der Waals surface area contributed by atoms with Gasteiger partial charge < -0.3 is 14.8 Å². The number of carbonyl (C=O) groups is 1. The van der Waals surface area contributed by atoms with Crippen molar-refractivity contribution in [3.8, 4) is 5.75 Å². The van der Waals surface area contributed by atoms with Crippen LogP contribution in [-0.4, -0.2) is 67.1 Å². The number of amides is 1. The maximum Gasteiger partial charge on any atom is 0.272 e. The highest BCUT2D eigenvalue weighted by atomic mass is 16.5. The van der Waals surface area contributed by atoms with E-state index in [1.807, 2.05) is 41.1 Å². The molecular weight excluding hydrogens is 392 g/mol. The van der Waals surface area contributed by atoms with Gasteiger partial charge in [0, 0.05) is 31.6 Å². The average Bonchev–Trinajstić information content (AvgIpc) is 3.21. The van der Waals surface area contributed by atoms with E-state index in [2.05, 4.69) is 29.3 Å². The molecule has 7 nitrogen and oxygen atoms in total. The van der Waals surface area contributed by atoms with Gasteiger partial charge in [-0.3, -0.25) is 14.4 Å². The van der Waals surface area contributed by atoms with Crippen molar-refractivity contribution in [2.75, 3.05) is 46.5 Å². The molecule has 0 radical (unpaired) electrons. The maximum atomic E-state index is 13.1. The summed E-state index contributed by atoms with van der Waals surface area (Å²) in [6.45, 7) is 7.55. The zero-order valence-corrected chi connectivity index (χ0v) is 18.2. The summed E-state index contributed by atoms with van der Waals surface area (Å²) in [6, 6.07) is 15.9. The second kappa shape index (κ2) is 9.94. The summed E-state index contributed by atoms with van der Waals surface area (Å²) in [4.78, 5) is 15.4. The topological polar surface area (TPSA) is 68.6 Å². The summed E-state index contributed by atoms with van der Waals surface area (Å²) in [5.41, 5.74) is 2.50. The molecule has 2 aromatic carbocycles. The summed E-state index contributed by atoms with van der Waals surface area (Å²) < 4.78 is 12.9. The third kappa shape index (κ3) is 4.89. The molecule has 3 aromatic rings. The van der Waals surface area contributed by atoms with Crippen molar-refractivity contribution >= 4 is 16.8 Å². The lowest BCUT2D eigenvalue weighted by Gasteiger charge is -2.26. The van der Waals surface area contributed by atoms with Gasteiger partial charge in [-0.15, -0.1) is 0 Å². The molecule has 164 valence electrons. The fourth-order valence-corrected chi connectivity index (χ4v) is 3.99. The predicted molar refractivity (Wildman–Crippen MR) is 121 cm³/mol. The van der Waals surface area contributed by atoms with Crippen LogP contribution >= 0.6 is 0 Å². The largest absolute Gasteiger partial charge is 0.494 e. The molecule has 0 saturated carbocycles. The Balaban J connectivity index is 1.53. The maximum absolute atomic E-state index is 13.1. The van der Waals surface area contributed by atoms with Crippen molar-refractivity contribution in [1.29, 1.82) is 0 Å². The Morgan fingerprint density at radius 1 is 1.13 bits per heavy atom. The SMILES string of the molecule is COc1cccc2c(C(=O)NC[C@H](C)c3ccccc3)nn(CCN3CCOCC3)c12. The number of rotatable bonds is 8. The van der Waals surface area contributed by atoms with Crippen molar-refractivity contribution in [2.45, 2.75) is 19.4 Å². The number of hydrogen-bond acceptors (Lipinski definition) is 5. The van der Waals surface area contributed by atoms with Crippen LogP contribution in [0.5, 0.6) is 5.75 Å². The first-order valence-electron chi connectivity index (χ1n) is 10.8. The van der Waals surface area contributed by atoms with E-state index in [0.29, 0.717) is 18.8 Å². The lowest BCUT2D eigenvalue weighted by Crippen LogP contribution is -2.38.